The van der Waals surface area contributed by atoms with Crippen molar-refractivity contribution < 1.29 is 15.7 Å². The fraction of sp³-hybridized carbons (Fsp3) is 0.818. The zero-order chi connectivity index (χ0) is 11.5. The molecule has 0 saturated carbocycles. The highest BCUT2D eigenvalue weighted by Crippen LogP contribution is 2.08. The average molecular weight is 201 g/mol. The number of carbonyl (C=O) groups excluding carboxylic acids is 2. The molecule has 82 valence electrons. The third-order valence-electron chi connectivity index (χ3n) is 2.14. The number of rotatable bonds is 9. The van der Waals surface area contributed by atoms with Crippen LogP contribution in [0.25, 0.3) is 0 Å². The minimum atomic E-state index is -0.472. The van der Waals surface area contributed by atoms with Gasteiger partial charge in [-0.15, -0.1) is 0 Å². The Morgan fingerprint density at radius 1 is 1.21 bits per heavy atom. The molecule has 0 heterocycles. The van der Waals surface area contributed by atoms with Crippen LogP contribution in [-0.2, 0) is 14.3 Å². The lowest BCUT2D eigenvalue weighted by Gasteiger charge is -2.00. The first-order valence-corrected chi connectivity index (χ1v) is 5.23. The second kappa shape index (κ2) is 10.2. The number of hydrogen-bond donors (Lipinski definition) is 0. The Bertz CT molecular complexity index is 192. The molecule has 3 heteroatoms. The van der Waals surface area contributed by atoms with E-state index in [1.807, 2.05) is 0 Å². The lowest BCUT2D eigenvalue weighted by Crippen LogP contribution is -1.99. The summed E-state index contributed by atoms with van der Waals surface area (Å²) in [6.45, 7) is 0. The lowest BCUT2D eigenvalue weighted by atomic mass is 10.1. The van der Waals surface area contributed by atoms with E-state index in [1.54, 1.807) is 0 Å². The molecule has 0 aliphatic carbocycles. The zero-order valence-corrected chi connectivity index (χ0v) is 8.88. The Labute approximate surface area is 87.2 Å². The van der Waals surface area contributed by atoms with Crippen LogP contribution in [0.2, 0.25) is 0 Å². The van der Waals surface area contributed by atoms with Gasteiger partial charge in [-0.3, -0.25) is 4.79 Å². The molecule has 0 aliphatic heterocycles. The molecule has 0 rings (SSSR count). The molecule has 0 amide bonds. The van der Waals surface area contributed by atoms with Crippen LogP contribution in [0.1, 0.15) is 52.7 Å². The third-order valence-corrected chi connectivity index (χ3v) is 2.14. The Hall–Kier alpha value is -0.860. The van der Waals surface area contributed by atoms with Gasteiger partial charge >= 0.3 is 5.97 Å². The number of hydrogen-bond acceptors (Lipinski definition) is 3. The molecular weight excluding hydrogens is 180 g/mol. The molecule has 3 nitrogen and oxygen atoms in total. The quantitative estimate of drug-likeness (QED) is 0.327. The van der Waals surface area contributed by atoms with Gasteiger partial charge < -0.3 is 9.53 Å². The summed E-state index contributed by atoms with van der Waals surface area (Å²) in [5, 5.41) is 0. The fourth-order valence-corrected chi connectivity index (χ4v) is 1.28. The maximum absolute atomic E-state index is 10.7. The zero-order valence-electron chi connectivity index (χ0n) is 9.88. The van der Waals surface area contributed by atoms with Gasteiger partial charge in [-0.05, 0) is 12.8 Å². The van der Waals surface area contributed by atoms with Gasteiger partial charge in [-0.2, -0.15) is 0 Å². The van der Waals surface area contributed by atoms with Crippen LogP contribution in [0.4, 0.5) is 0 Å². The van der Waals surface area contributed by atoms with Crippen molar-refractivity contribution in [3.05, 3.63) is 0 Å². The summed E-state index contributed by atoms with van der Waals surface area (Å²) in [5.41, 5.74) is 0. The first-order valence-electron chi connectivity index (χ1n) is 5.73. The topological polar surface area (TPSA) is 43.4 Å². The van der Waals surface area contributed by atoms with Crippen LogP contribution in [0.15, 0.2) is 0 Å². The van der Waals surface area contributed by atoms with Crippen molar-refractivity contribution in [2.45, 2.75) is 51.4 Å². The molecule has 0 N–H and O–H groups in total. The number of ether oxygens (including phenoxy) is 1. The average Bonchev–Trinajstić information content (AvgIpc) is 2.21. The van der Waals surface area contributed by atoms with Crippen molar-refractivity contribution >= 4 is 12.2 Å². The number of unbranched alkanes of at least 4 members (excludes halogenated alkanes) is 5. The first-order chi connectivity index (χ1) is 7.16. The summed E-state index contributed by atoms with van der Waals surface area (Å²) >= 11 is 0. The van der Waals surface area contributed by atoms with Crippen LogP contribution in [0, 0.1) is 0 Å². The molecule has 0 fully saturated rings. The number of esters is 1. The summed E-state index contributed by atoms with van der Waals surface area (Å²) in [6, 6.07) is 0. The molecular formula is C11H20O3. The van der Waals surface area contributed by atoms with Crippen molar-refractivity contribution in [2.24, 2.45) is 0 Å². The monoisotopic (exact) mass is 201 g/mol. The van der Waals surface area contributed by atoms with Gasteiger partial charge in [0, 0.05) is 12.8 Å². The largest absolute Gasteiger partial charge is 0.469 e. The van der Waals surface area contributed by atoms with Gasteiger partial charge in [0.2, 0.25) is 0 Å². The Morgan fingerprint density at radius 3 is 2.36 bits per heavy atom. The highest BCUT2D eigenvalue weighted by molar-refractivity contribution is 5.68. The van der Waals surface area contributed by atoms with Gasteiger partial charge in [0.05, 0.1) is 7.11 Å². The second-order valence-corrected chi connectivity index (χ2v) is 3.34. The van der Waals surface area contributed by atoms with Crippen LogP contribution in [0.5, 0.6) is 0 Å². The molecule has 0 bridgehead atoms. The van der Waals surface area contributed by atoms with E-state index in [2.05, 4.69) is 4.74 Å². The molecule has 0 aromatic carbocycles. The third kappa shape index (κ3) is 9.23. The molecule has 0 aliphatic rings. The minimum absolute atomic E-state index is 0.144. The minimum Gasteiger partial charge on any atom is -0.469 e. The maximum atomic E-state index is 10.7. The first kappa shape index (κ1) is 11.2. The van der Waals surface area contributed by atoms with Gasteiger partial charge in [0.1, 0.15) is 7.63 Å². The Morgan fingerprint density at radius 2 is 1.79 bits per heavy atom. The van der Waals surface area contributed by atoms with Crippen molar-refractivity contribution in [3.63, 3.8) is 0 Å². The Balaban J connectivity index is 3.05. The maximum Gasteiger partial charge on any atom is 0.305 e. The molecule has 14 heavy (non-hydrogen) atoms. The van der Waals surface area contributed by atoms with Crippen molar-refractivity contribution in [2.75, 3.05) is 7.11 Å². The summed E-state index contributed by atoms with van der Waals surface area (Å²) < 4.78 is 11.2. The molecule has 0 saturated heterocycles. The molecule has 0 aromatic heterocycles. The normalized spacial score (nSPS) is 10.8. The summed E-state index contributed by atoms with van der Waals surface area (Å²) in [4.78, 5) is 21.0. The fourth-order valence-electron chi connectivity index (χ4n) is 1.28. The summed E-state index contributed by atoms with van der Waals surface area (Å²) in [5.74, 6) is -0.144. The molecule has 0 atom stereocenters. The van der Waals surface area contributed by atoms with Crippen LogP contribution >= 0.6 is 0 Å². The van der Waals surface area contributed by atoms with Crippen LogP contribution < -0.4 is 0 Å². The van der Waals surface area contributed by atoms with Gasteiger partial charge in [0.25, 0.3) is 0 Å². The SMILES string of the molecule is [2H]C(=O)CCCCCCCCC(=O)OC. The van der Waals surface area contributed by atoms with Crippen molar-refractivity contribution in [1.29, 1.82) is 0 Å². The van der Waals surface area contributed by atoms with E-state index < -0.39 is 6.26 Å². The van der Waals surface area contributed by atoms with E-state index in [9.17, 15) is 9.59 Å². The highest BCUT2D eigenvalue weighted by Gasteiger charge is 1.98. The second-order valence-electron chi connectivity index (χ2n) is 3.34. The molecule has 0 spiro atoms. The molecule has 0 unspecified atom stereocenters. The van der Waals surface area contributed by atoms with Gasteiger partial charge in [0.15, 0.2) is 0 Å². The van der Waals surface area contributed by atoms with E-state index in [-0.39, 0.29) is 5.97 Å². The Kier molecular flexibility index (Phi) is 8.19. The predicted octanol–water partition coefficient (Wildman–Crippen LogP) is 2.48. The van der Waals surface area contributed by atoms with E-state index in [0.29, 0.717) is 12.8 Å². The number of aldehydes is 1. The summed E-state index contributed by atoms with van der Waals surface area (Å²) in [7, 11) is 1.40. The van der Waals surface area contributed by atoms with Gasteiger partial charge in [-0.25, -0.2) is 0 Å². The number of methoxy groups -OCH3 is 1. The van der Waals surface area contributed by atoms with Crippen LogP contribution in [-0.4, -0.2) is 19.3 Å². The molecule has 0 radical (unpaired) electrons. The van der Waals surface area contributed by atoms with E-state index >= 15 is 0 Å². The van der Waals surface area contributed by atoms with E-state index in [0.717, 1.165) is 38.5 Å². The van der Waals surface area contributed by atoms with Gasteiger partial charge in [-0.1, -0.05) is 25.7 Å². The standard InChI is InChI=1S/C11H20O3/c1-14-11(13)9-7-5-3-2-4-6-8-10-12/h10H,2-9H2,1H3/i10D. The van der Waals surface area contributed by atoms with Crippen LogP contribution in [0.3, 0.4) is 0 Å². The summed E-state index contributed by atoms with van der Waals surface area (Å²) in [6.07, 6.45) is 6.30. The highest BCUT2D eigenvalue weighted by atomic mass is 16.5. The van der Waals surface area contributed by atoms with Crippen molar-refractivity contribution in [1.82, 2.24) is 0 Å². The van der Waals surface area contributed by atoms with E-state index in [4.69, 9.17) is 1.37 Å². The van der Waals surface area contributed by atoms with Crippen molar-refractivity contribution in [3.8, 4) is 0 Å². The lowest BCUT2D eigenvalue weighted by molar-refractivity contribution is -0.140. The smallest absolute Gasteiger partial charge is 0.305 e. The predicted molar refractivity (Wildman–Crippen MR) is 55.0 cm³/mol. The number of carbonyl (C=O) groups is 2. The van der Waals surface area contributed by atoms with E-state index in [1.165, 1.54) is 7.11 Å². The molecule has 0 aromatic rings.